The second-order valence-electron chi connectivity index (χ2n) is 7.92. The summed E-state index contributed by atoms with van der Waals surface area (Å²) in [7, 11) is 0. The minimum atomic E-state index is -0.247. The standard InChI is InChI=1S/C23H32N2O2/c1-3-17(2)20-11-7-8-12-21(20)25-16-19(15-22(25)26)23(27)24-14-13-18-9-5-4-6-10-18/h7-9,11-12,17,19H,3-6,10,13-16H2,1-2H3,(H,24,27)/t17-,19-/m0/s1. The van der Waals surface area contributed by atoms with Crippen LogP contribution in [0.5, 0.6) is 0 Å². The van der Waals surface area contributed by atoms with Crippen molar-refractivity contribution >= 4 is 17.5 Å². The van der Waals surface area contributed by atoms with Gasteiger partial charge in [-0.3, -0.25) is 9.59 Å². The van der Waals surface area contributed by atoms with E-state index in [1.807, 2.05) is 23.1 Å². The van der Waals surface area contributed by atoms with Crippen molar-refractivity contribution in [3.63, 3.8) is 0 Å². The lowest BCUT2D eigenvalue weighted by molar-refractivity contribution is -0.126. The zero-order chi connectivity index (χ0) is 19.2. The van der Waals surface area contributed by atoms with Crippen molar-refractivity contribution in [2.45, 2.75) is 64.7 Å². The van der Waals surface area contributed by atoms with Gasteiger partial charge >= 0.3 is 0 Å². The summed E-state index contributed by atoms with van der Waals surface area (Å²) in [5.41, 5.74) is 3.63. The van der Waals surface area contributed by atoms with E-state index in [0.29, 0.717) is 25.4 Å². The molecule has 1 heterocycles. The first kappa shape index (κ1) is 19.7. The number of rotatable bonds is 7. The van der Waals surface area contributed by atoms with Gasteiger partial charge in [-0.1, -0.05) is 43.7 Å². The van der Waals surface area contributed by atoms with Gasteiger partial charge in [0.05, 0.1) is 5.92 Å². The monoisotopic (exact) mass is 368 g/mol. The smallest absolute Gasteiger partial charge is 0.227 e. The fourth-order valence-electron chi connectivity index (χ4n) is 4.11. The van der Waals surface area contributed by atoms with Crippen molar-refractivity contribution in [1.82, 2.24) is 5.32 Å². The molecule has 0 saturated carbocycles. The largest absolute Gasteiger partial charge is 0.355 e. The summed E-state index contributed by atoms with van der Waals surface area (Å²) in [6.07, 6.45) is 9.48. The van der Waals surface area contributed by atoms with Crippen molar-refractivity contribution in [2.24, 2.45) is 5.92 Å². The number of benzene rings is 1. The molecule has 1 aliphatic heterocycles. The average molecular weight is 369 g/mol. The zero-order valence-electron chi connectivity index (χ0n) is 16.7. The van der Waals surface area contributed by atoms with Crippen LogP contribution in [0.2, 0.25) is 0 Å². The molecule has 1 N–H and O–H groups in total. The Morgan fingerprint density at radius 1 is 1.30 bits per heavy atom. The lowest BCUT2D eigenvalue weighted by Crippen LogP contribution is -2.34. The topological polar surface area (TPSA) is 49.4 Å². The van der Waals surface area contributed by atoms with E-state index in [1.165, 1.54) is 30.4 Å². The summed E-state index contributed by atoms with van der Waals surface area (Å²) in [5, 5.41) is 3.05. The van der Waals surface area contributed by atoms with Crippen molar-refractivity contribution in [2.75, 3.05) is 18.0 Å². The quantitative estimate of drug-likeness (QED) is 0.717. The fourth-order valence-corrected chi connectivity index (χ4v) is 4.11. The Labute approximate surface area is 163 Å². The van der Waals surface area contributed by atoms with E-state index >= 15 is 0 Å². The van der Waals surface area contributed by atoms with Gasteiger partial charge in [0.15, 0.2) is 0 Å². The van der Waals surface area contributed by atoms with E-state index in [-0.39, 0.29) is 17.7 Å². The fraction of sp³-hybridized carbons (Fsp3) is 0.565. The second-order valence-corrected chi connectivity index (χ2v) is 7.92. The number of hydrogen-bond acceptors (Lipinski definition) is 2. The van der Waals surface area contributed by atoms with E-state index in [0.717, 1.165) is 24.9 Å². The van der Waals surface area contributed by atoms with Crippen LogP contribution in [0.4, 0.5) is 5.69 Å². The maximum Gasteiger partial charge on any atom is 0.227 e. The summed E-state index contributed by atoms with van der Waals surface area (Å²) >= 11 is 0. The van der Waals surface area contributed by atoms with Crippen molar-refractivity contribution < 1.29 is 9.59 Å². The van der Waals surface area contributed by atoms with Gasteiger partial charge in [-0.05, 0) is 56.1 Å². The summed E-state index contributed by atoms with van der Waals surface area (Å²) in [5.74, 6) is 0.220. The van der Waals surface area contributed by atoms with Crippen LogP contribution in [0.3, 0.4) is 0 Å². The lowest BCUT2D eigenvalue weighted by atomic mass is 9.96. The predicted molar refractivity (Wildman–Crippen MR) is 110 cm³/mol. The van der Waals surface area contributed by atoms with Crippen molar-refractivity contribution in [3.8, 4) is 0 Å². The van der Waals surface area contributed by atoms with Crippen LogP contribution in [0.25, 0.3) is 0 Å². The Kier molecular flexibility index (Phi) is 6.70. The molecule has 0 radical (unpaired) electrons. The average Bonchev–Trinajstić information content (AvgIpc) is 3.09. The molecular formula is C23H32N2O2. The third kappa shape index (κ3) is 4.79. The zero-order valence-corrected chi connectivity index (χ0v) is 16.7. The number of nitrogens with one attached hydrogen (secondary N) is 1. The molecule has 2 atom stereocenters. The normalized spacial score (nSPS) is 21.1. The highest BCUT2D eigenvalue weighted by atomic mass is 16.2. The van der Waals surface area contributed by atoms with E-state index in [9.17, 15) is 9.59 Å². The molecule has 1 aromatic rings. The third-order valence-corrected chi connectivity index (χ3v) is 6.00. The Bertz CT molecular complexity index is 710. The number of amides is 2. The molecule has 1 fully saturated rings. The number of anilines is 1. The molecular weight excluding hydrogens is 336 g/mol. The van der Waals surface area contributed by atoms with Gasteiger partial charge in [0.2, 0.25) is 11.8 Å². The molecule has 4 nitrogen and oxygen atoms in total. The number of allylic oxidation sites excluding steroid dienone is 1. The number of para-hydroxylation sites is 1. The van der Waals surface area contributed by atoms with Crippen LogP contribution in [-0.4, -0.2) is 24.9 Å². The van der Waals surface area contributed by atoms with E-state index < -0.39 is 0 Å². The maximum atomic E-state index is 12.6. The molecule has 3 rings (SSSR count). The highest BCUT2D eigenvalue weighted by molar-refractivity contribution is 6.00. The van der Waals surface area contributed by atoms with Crippen molar-refractivity contribution in [3.05, 3.63) is 41.5 Å². The number of nitrogens with zero attached hydrogens (tertiary/aromatic N) is 1. The van der Waals surface area contributed by atoms with Crippen LogP contribution in [-0.2, 0) is 9.59 Å². The number of hydrogen-bond donors (Lipinski definition) is 1. The van der Waals surface area contributed by atoms with Gasteiger partial charge in [0, 0.05) is 25.2 Å². The Hall–Kier alpha value is -2.10. The molecule has 0 aromatic heterocycles. The van der Waals surface area contributed by atoms with E-state index in [2.05, 4.69) is 31.3 Å². The van der Waals surface area contributed by atoms with Gasteiger partial charge in [-0.15, -0.1) is 0 Å². The van der Waals surface area contributed by atoms with Gasteiger partial charge < -0.3 is 10.2 Å². The molecule has 0 unspecified atom stereocenters. The SMILES string of the molecule is CC[C@H](C)c1ccccc1N1C[C@@H](C(=O)NCCC2=CCCCC2)CC1=O. The summed E-state index contributed by atoms with van der Waals surface area (Å²) < 4.78 is 0. The van der Waals surface area contributed by atoms with Gasteiger partial charge in [-0.25, -0.2) is 0 Å². The highest BCUT2D eigenvalue weighted by Crippen LogP contribution is 2.33. The number of carbonyl (C=O) groups excluding carboxylic acids is 2. The first-order chi connectivity index (χ1) is 13.1. The molecule has 4 heteroatoms. The van der Waals surface area contributed by atoms with Crippen LogP contribution in [0, 0.1) is 5.92 Å². The lowest BCUT2D eigenvalue weighted by Gasteiger charge is -2.23. The van der Waals surface area contributed by atoms with Crippen LogP contribution >= 0.6 is 0 Å². The van der Waals surface area contributed by atoms with E-state index in [4.69, 9.17) is 0 Å². The van der Waals surface area contributed by atoms with Crippen LogP contribution in [0.15, 0.2) is 35.9 Å². The minimum absolute atomic E-state index is 0.0169. The maximum absolute atomic E-state index is 12.6. The van der Waals surface area contributed by atoms with Crippen LogP contribution in [0.1, 0.15) is 70.3 Å². The molecule has 2 aliphatic rings. The molecule has 1 aromatic carbocycles. The number of carbonyl (C=O) groups is 2. The van der Waals surface area contributed by atoms with Gasteiger partial charge in [0.1, 0.15) is 0 Å². The predicted octanol–water partition coefficient (Wildman–Crippen LogP) is 4.56. The van der Waals surface area contributed by atoms with Crippen LogP contribution < -0.4 is 10.2 Å². The Balaban J connectivity index is 1.58. The molecule has 2 amide bonds. The van der Waals surface area contributed by atoms with Gasteiger partial charge in [-0.2, -0.15) is 0 Å². The summed E-state index contributed by atoms with van der Waals surface area (Å²) in [6.45, 7) is 5.51. The minimum Gasteiger partial charge on any atom is -0.355 e. The van der Waals surface area contributed by atoms with Crippen molar-refractivity contribution in [1.29, 1.82) is 0 Å². The van der Waals surface area contributed by atoms with E-state index in [1.54, 1.807) is 0 Å². The molecule has 1 saturated heterocycles. The molecule has 27 heavy (non-hydrogen) atoms. The highest BCUT2D eigenvalue weighted by Gasteiger charge is 2.36. The summed E-state index contributed by atoms with van der Waals surface area (Å²) in [4.78, 5) is 27.0. The second kappa shape index (κ2) is 9.20. The summed E-state index contributed by atoms with van der Waals surface area (Å²) in [6, 6.07) is 8.10. The first-order valence-corrected chi connectivity index (χ1v) is 10.4. The first-order valence-electron chi connectivity index (χ1n) is 10.4. The molecule has 1 aliphatic carbocycles. The molecule has 0 bridgehead atoms. The molecule has 0 spiro atoms. The Morgan fingerprint density at radius 3 is 2.85 bits per heavy atom. The Morgan fingerprint density at radius 2 is 2.11 bits per heavy atom. The van der Waals surface area contributed by atoms with Gasteiger partial charge in [0.25, 0.3) is 0 Å². The third-order valence-electron chi connectivity index (χ3n) is 6.00. The molecule has 146 valence electrons.